The first-order valence-corrected chi connectivity index (χ1v) is 5.65. The van der Waals surface area contributed by atoms with Gasteiger partial charge in [-0.25, -0.2) is 0 Å². The van der Waals surface area contributed by atoms with Crippen LogP contribution in [0.4, 0.5) is 11.4 Å². The molecule has 0 spiro atoms. The Kier molecular flexibility index (Phi) is 3.44. The first-order chi connectivity index (χ1) is 9.52. The largest absolute Gasteiger partial charge is 0.507 e. The fraction of sp³-hybridized carbons (Fsp3) is 0. The van der Waals surface area contributed by atoms with Crippen molar-refractivity contribution in [2.45, 2.75) is 0 Å². The number of hydrogen-bond donors (Lipinski definition) is 4. The summed E-state index contributed by atoms with van der Waals surface area (Å²) in [5.41, 5.74) is 6.12. The molecule has 0 fully saturated rings. The molecule has 0 aliphatic carbocycles. The van der Waals surface area contributed by atoms with Crippen LogP contribution < -0.4 is 11.1 Å². The summed E-state index contributed by atoms with van der Waals surface area (Å²) in [6, 6.07) is 10.3. The van der Waals surface area contributed by atoms with Gasteiger partial charge in [0.2, 0.25) is 0 Å². The van der Waals surface area contributed by atoms with E-state index >= 15 is 0 Å². The Hall–Kier alpha value is -3.20. The number of rotatable bonds is 2. The molecule has 0 aliphatic rings. The Balaban J connectivity index is 2.36. The highest BCUT2D eigenvalue weighted by Gasteiger charge is 2.17. The van der Waals surface area contributed by atoms with E-state index in [1.54, 1.807) is 0 Å². The summed E-state index contributed by atoms with van der Waals surface area (Å²) in [6.07, 6.45) is 0. The van der Waals surface area contributed by atoms with Crippen LogP contribution in [0.3, 0.4) is 0 Å². The molecular formula is C14H11N3O3. The second-order valence-electron chi connectivity index (χ2n) is 4.04. The summed E-state index contributed by atoms with van der Waals surface area (Å²) in [7, 11) is 0. The summed E-state index contributed by atoms with van der Waals surface area (Å²) in [5, 5.41) is 30.6. The topological polar surface area (TPSA) is 119 Å². The molecule has 0 atom stereocenters. The van der Waals surface area contributed by atoms with Gasteiger partial charge in [-0.3, -0.25) is 4.79 Å². The van der Waals surface area contributed by atoms with Crippen LogP contribution in [0.5, 0.6) is 11.5 Å². The van der Waals surface area contributed by atoms with E-state index in [-0.39, 0.29) is 28.3 Å². The van der Waals surface area contributed by atoms with Gasteiger partial charge >= 0.3 is 0 Å². The number of carbonyl (C=O) groups excluding carboxylic acids is 1. The van der Waals surface area contributed by atoms with Crippen molar-refractivity contribution < 1.29 is 15.0 Å². The summed E-state index contributed by atoms with van der Waals surface area (Å²) in [5.74, 6) is -1.42. The number of nitrogens with one attached hydrogen (secondary N) is 1. The normalized spacial score (nSPS) is 9.75. The zero-order valence-corrected chi connectivity index (χ0v) is 10.3. The number of carbonyl (C=O) groups is 1. The Morgan fingerprint density at radius 1 is 1.20 bits per heavy atom. The van der Waals surface area contributed by atoms with Gasteiger partial charge in [0, 0.05) is 5.69 Å². The van der Waals surface area contributed by atoms with Crippen molar-refractivity contribution in [1.82, 2.24) is 0 Å². The average molecular weight is 269 g/mol. The first-order valence-electron chi connectivity index (χ1n) is 5.65. The van der Waals surface area contributed by atoms with Crippen molar-refractivity contribution in [3.8, 4) is 17.6 Å². The third-order valence-electron chi connectivity index (χ3n) is 2.66. The number of nitrogens with two attached hydrogens (primary N) is 1. The minimum atomic E-state index is -0.720. The van der Waals surface area contributed by atoms with Gasteiger partial charge in [0.05, 0.1) is 11.3 Å². The van der Waals surface area contributed by atoms with Crippen molar-refractivity contribution in [1.29, 1.82) is 5.26 Å². The molecular weight excluding hydrogens is 258 g/mol. The van der Waals surface area contributed by atoms with Crippen LogP contribution in [-0.2, 0) is 0 Å². The molecule has 6 nitrogen and oxygen atoms in total. The molecule has 0 aromatic heterocycles. The molecule has 0 saturated carbocycles. The van der Waals surface area contributed by atoms with Gasteiger partial charge in [0.25, 0.3) is 5.91 Å². The number of benzene rings is 2. The molecule has 6 heteroatoms. The standard InChI is InChI=1S/C14H11N3O3/c15-7-8-6-9(16)4-5-10(8)17-14(20)13-11(18)2-1-3-12(13)19/h1-6,18-19H,16H2,(H,17,20). The second kappa shape index (κ2) is 5.20. The molecule has 2 aromatic carbocycles. The number of nitrogen functional groups attached to an aromatic ring is 1. The van der Waals surface area contributed by atoms with Crippen LogP contribution >= 0.6 is 0 Å². The molecule has 20 heavy (non-hydrogen) atoms. The summed E-state index contributed by atoms with van der Waals surface area (Å²) in [4.78, 5) is 12.0. The first kappa shape index (κ1) is 13.2. The van der Waals surface area contributed by atoms with E-state index in [2.05, 4.69) is 5.32 Å². The van der Waals surface area contributed by atoms with Crippen LogP contribution in [0.15, 0.2) is 36.4 Å². The van der Waals surface area contributed by atoms with E-state index in [4.69, 9.17) is 11.0 Å². The molecule has 0 radical (unpaired) electrons. The fourth-order valence-electron chi connectivity index (χ4n) is 1.71. The molecule has 0 aliphatic heterocycles. The van der Waals surface area contributed by atoms with E-state index in [1.807, 2.05) is 6.07 Å². The van der Waals surface area contributed by atoms with Crippen molar-refractivity contribution in [2.24, 2.45) is 0 Å². The minimum Gasteiger partial charge on any atom is -0.507 e. The van der Waals surface area contributed by atoms with Gasteiger partial charge in [-0.05, 0) is 30.3 Å². The number of phenolic OH excluding ortho intramolecular Hbond substituents is 2. The smallest absolute Gasteiger partial charge is 0.263 e. The van der Waals surface area contributed by atoms with Gasteiger partial charge < -0.3 is 21.3 Å². The van der Waals surface area contributed by atoms with Crippen molar-refractivity contribution in [2.75, 3.05) is 11.1 Å². The number of anilines is 2. The average Bonchev–Trinajstić information content (AvgIpc) is 2.40. The summed E-state index contributed by atoms with van der Waals surface area (Å²) < 4.78 is 0. The molecule has 2 aromatic rings. The zero-order valence-electron chi connectivity index (χ0n) is 10.3. The molecule has 100 valence electrons. The van der Waals surface area contributed by atoms with Gasteiger partial charge in [0.1, 0.15) is 23.1 Å². The Morgan fingerprint density at radius 2 is 1.85 bits per heavy atom. The number of aromatic hydroxyl groups is 2. The van der Waals surface area contributed by atoms with Gasteiger partial charge in [-0.15, -0.1) is 0 Å². The SMILES string of the molecule is N#Cc1cc(N)ccc1NC(=O)c1c(O)cccc1O. The quantitative estimate of drug-likeness (QED) is 0.620. The maximum atomic E-state index is 12.0. The Bertz CT molecular complexity index is 700. The van der Waals surface area contributed by atoms with Crippen molar-refractivity contribution >= 4 is 17.3 Å². The summed E-state index contributed by atoms with van der Waals surface area (Å²) in [6.45, 7) is 0. The molecule has 0 bridgehead atoms. The van der Waals surface area contributed by atoms with Crippen LogP contribution in [0.25, 0.3) is 0 Å². The lowest BCUT2D eigenvalue weighted by atomic mass is 10.1. The molecule has 2 rings (SSSR count). The zero-order chi connectivity index (χ0) is 14.7. The third-order valence-corrected chi connectivity index (χ3v) is 2.66. The van der Waals surface area contributed by atoms with E-state index in [0.29, 0.717) is 5.69 Å². The van der Waals surface area contributed by atoms with Crippen LogP contribution in [-0.4, -0.2) is 16.1 Å². The van der Waals surface area contributed by atoms with Crippen LogP contribution in [0.2, 0.25) is 0 Å². The third kappa shape index (κ3) is 2.47. The molecule has 0 unspecified atom stereocenters. The maximum Gasteiger partial charge on any atom is 0.263 e. The highest BCUT2D eigenvalue weighted by molar-refractivity contribution is 6.08. The highest BCUT2D eigenvalue weighted by Crippen LogP contribution is 2.28. The van der Waals surface area contributed by atoms with Gasteiger partial charge in [-0.1, -0.05) is 6.07 Å². The summed E-state index contributed by atoms with van der Waals surface area (Å²) >= 11 is 0. The predicted molar refractivity (Wildman–Crippen MR) is 73.3 cm³/mol. The molecule has 0 heterocycles. The van der Waals surface area contributed by atoms with Gasteiger partial charge in [-0.2, -0.15) is 5.26 Å². The lowest BCUT2D eigenvalue weighted by Gasteiger charge is -2.10. The van der Waals surface area contributed by atoms with Crippen molar-refractivity contribution in [3.63, 3.8) is 0 Å². The number of hydrogen-bond acceptors (Lipinski definition) is 5. The predicted octanol–water partition coefficient (Wildman–Crippen LogP) is 1.80. The van der Waals surface area contributed by atoms with E-state index in [0.717, 1.165) is 0 Å². The minimum absolute atomic E-state index is 0.188. The lowest BCUT2D eigenvalue weighted by molar-refractivity contribution is 0.102. The van der Waals surface area contributed by atoms with E-state index in [9.17, 15) is 15.0 Å². The molecule has 5 N–H and O–H groups in total. The van der Waals surface area contributed by atoms with Crippen molar-refractivity contribution in [3.05, 3.63) is 47.5 Å². The van der Waals surface area contributed by atoms with E-state index in [1.165, 1.54) is 36.4 Å². The molecule has 0 saturated heterocycles. The van der Waals surface area contributed by atoms with Crippen LogP contribution in [0, 0.1) is 11.3 Å². The number of amides is 1. The second-order valence-corrected chi connectivity index (χ2v) is 4.04. The highest BCUT2D eigenvalue weighted by atomic mass is 16.3. The number of nitriles is 1. The van der Waals surface area contributed by atoms with E-state index < -0.39 is 5.91 Å². The maximum absolute atomic E-state index is 12.0. The number of nitrogens with zero attached hydrogens (tertiary/aromatic N) is 1. The van der Waals surface area contributed by atoms with Crippen LogP contribution in [0.1, 0.15) is 15.9 Å². The Morgan fingerprint density at radius 3 is 2.45 bits per heavy atom. The Labute approximate surface area is 114 Å². The fourth-order valence-corrected chi connectivity index (χ4v) is 1.71. The van der Waals surface area contributed by atoms with Gasteiger partial charge in [0.15, 0.2) is 0 Å². The lowest BCUT2D eigenvalue weighted by Crippen LogP contribution is -2.13. The number of phenols is 2. The molecule has 1 amide bonds. The monoisotopic (exact) mass is 269 g/mol.